The zero-order chi connectivity index (χ0) is 12.7. The van der Waals surface area contributed by atoms with Crippen molar-refractivity contribution < 1.29 is 0 Å². The van der Waals surface area contributed by atoms with Gasteiger partial charge in [-0.05, 0) is 29.7 Å². The molecule has 0 aliphatic rings. The first-order valence-electron chi connectivity index (χ1n) is 6.11. The third-order valence-electron chi connectivity index (χ3n) is 3.27. The van der Waals surface area contributed by atoms with Crippen molar-refractivity contribution in [3.63, 3.8) is 0 Å². The van der Waals surface area contributed by atoms with E-state index in [1.807, 2.05) is 24.4 Å². The Morgan fingerprint density at radius 3 is 2.79 bits per heavy atom. The molecule has 0 saturated carbocycles. The Morgan fingerprint density at radius 1 is 0.842 bits per heavy atom. The number of nitrogens with zero attached hydrogens (tertiary/aromatic N) is 2. The Hall–Kier alpha value is -2.26. The van der Waals surface area contributed by atoms with Crippen LogP contribution in [0.15, 0.2) is 60.8 Å². The Labute approximate surface area is 114 Å². The lowest BCUT2D eigenvalue weighted by molar-refractivity contribution is 1.41. The van der Waals surface area contributed by atoms with Gasteiger partial charge in [-0.3, -0.25) is 0 Å². The number of fused-ring (bicyclic) bond motifs is 2. The predicted molar refractivity (Wildman–Crippen MR) is 80.4 cm³/mol. The van der Waals surface area contributed by atoms with Gasteiger partial charge in [0, 0.05) is 22.5 Å². The average molecular weight is 262 g/mol. The summed E-state index contributed by atoms with van der Waals surface area (Å²) in [7, 11) is 0. The third kappa shape index (κ3) is 1.71. The molecule has 0 atom stereocenters. The molecule has 0 radical (unpaired) electrons. The summed E-state index contributed by atoms with van der Waals surface area (Å²) in [6.07, 6.45) is 1.92. The summed E-state index contributed by atoms with van der Waals surface area (Å²) in [6, 6.07) is 18.6. The Kier molecular flexibility index (Phi) is 2.32. The van der Waals surface area contributed by atoms with E-state index in [1.54, 1.807) is 0 Å². The van der Waals surface area contributed by atoms with Crippen molar-refractivity contribution in [3.8, 4) is 11.3 Å². The van der Waals surface area contributed by atoms with E-state index in [0.29, 0.717) is 0 Å². The highest BCUT2D eigenvalue weighted by Crippen LogP contribution is 2.30. The van der Waals surface area contributed by atoms with Gasteiger partial charge in [-0.15, -0.1) is 0 Å². The molecule has 0 unspecified atom stereocenters. The summed E-state index contributed by atoms with van der Waals surface area (Å²) in [5.74, 6) is 0. The zero-order valence-electron chi connectivity index (χ0n) is 10.1. The van der Waals surface area contributed by atoms with Gasteiger partial charge in [-0.2, -0.15) is 4.37 Å². The highest BCUT2D eigenvalue weighted by Gasteiger charge is 2.07. The Morgan fingerprint density at radius 2 is 1.79 bits per heavy atom. The van der Waals surface area contributed by atoms with Crippen LogP contribution in [0.2, 0.25) is 0 Å². The fourth-order valence-corrected chi connectivity index (χ4v) is 3.00. The summed E-state index contributed by atoms with van der Waals surface area (Å²) in [4.78, 5) is 4.75. The topological polar surface area (TPSA) is 25.8 Å². The van der Waals surface area contributed by atoms with Crippen molar-refractivity contribution in [1.82, 2.24) is 9.36 Å². The first-order valence-corrected chi connectivity index (χ1v) is 6.89. The van der Waals surface area contributed by atoms with Crippen LogP contribution in [-0.2, 0) is 0 Å². The minimum Gasteiger partial charge on any atom is -0.248 e. The maximum absolute atomic E-state index is 4.75. The molecule has 2 aromatic carbocycles. The second-order valence-corrected chi connectivity index (χ2v) is 5.27. The molecule has 4 aromatic rings. The first-order chi connectivity index (χ1) is 9.42. The van der Waals surface area contributed by atoms with Gasteiger partial charge >= 0.3 is 0 Å². The van der Waals surface area contributed by atoms with Gasteiger partial charge in [0.25, 0.3) is 0 Å². The number of benzene rings is 2. The smallest absolute Gasteiger partial charge is 0.0716 e. The molecule has 0 amide bonds. The fraction of sp³-hybridized carbons (Fsp3) is 0. The molecule has 0 aliphatic carbocycles. The van der Waals surface area contributed by atoms with Crippen LogP contribution in [-0.4, -0.2) is 9.36 Å². The van der Waals surface area contributed by atoms with E-state index in [2.05, 4.69) is 40.8 Å². The normalized spacial score (nSPS) is 11.2. The van der Waals surface area contributed by atoms with Crippen LogP contribution in [0, 0.1) is 0 Å². The van der Waals surface area contributed by atoms with E-state index in [9.17, 15) is 0 Å². The molecule has 90 valence electrons. The second-order valence-electron chi connectivity index (χ2n) is 4.43. The highest BCUT2D eigenvalue weighted by atomic mass is 32.1. The van der Waals surface area contributed by atoms with Crippen molar-refractivity contribution >= 4 is 32.5 Å². The van der Waals surface area contributed by atoms with E-state index in [1.165, 1.54) is 27.0 Å². The van der Waals surface area contributed by atoms with Crippen molar-refractivity contribution in [2.45, 2.75) is 0 Å². The number of aromatic nitrogens is 2. The fourth-order valence-electron chi connectivity index (χ4n) is 2.33. The van der Waals surface area contributed by atoms with Crippen LogP contribution in [0.25, 0.3) is 32.2 Å². The lowest BCUT2D eigenvalue weighted by Crippen LogP contribution is -1.85. The Balaban J connectivity index is 2.01. The SMILES string of the molecule is c1ccc2nc(-c3cccc4sncc34)ccc2c1. The van der Waals surface area contributed by atoms with Crippen LogP contribution in [0.3, 0.4) is 0 Å². The Bertz CT molecular complexity index is 880. The molecule has 0 N–H and O–H groups in total. The molecule has 4 rings (SSSR count). The number of rotatable bonds is 1. The maximum Gasteiger partial charge on any atom is 0.0716 e. The molecule has 0 bridgehead atoms. The molecule has 0 aliphatic heterocycles. The average Bonchev–Trinajstić information content (AvgIpc) is 2.95. The third-order valence-corrected chi connectivity index (χ3v) is 4.04. The van der Waals surface area contributed by atoms with Crippen molar-refractivity contribution in [3.05, 3.63) is 60.8 Å². The van der Waals surface area contributed by atoms with E-state index in [-0.39, 0.29) is 0 Å². The van der Waals surface area contributed by atoms with Crippen LogP contribution in [0.1, 0.15) is 0 Å². The lowest BCUT2D eigenvalue weighted by Gasteiger charge is -2.04. The minimum absolute atomic E-state index is 1.00. The molecule has 0 saturated heterocycles. The number of pyridine rings is 1. The molecule has 19 heavy (non-hydrogen) atoms. The van der Waals surface area contributed by atoms with Crippen LogP contribution < -0.4 is 0 Å². The predicted octanol–water partition coefficient (Wildman–Crippen LogP) is 4.51. The summed E-state index contributed by atoms with van der Waals surface area (Å²) in [5.41, 5.74) is 3.18. The minimum atomic E-state index is 1.00. The molecule has 0 fully saturated rings. The summed E-state index contributed by atoms with van der Waals surface area (Å²) >= 11 is 1.52. The maximum atomic E-state index is 4.75. The summed E-state index contributed by atoms with van der Waals surface area (Å²) < 4.78 is 5.47. The molecule has 2 aromatic heterocycles. The molecule has 3 heteroatoms. The summed E-state index contributed by atoms with van der Waals surface area (Å²) in [5, 5.41) is 2.34. The van der Waals surface area contributed by atoms with Crippen molar-refractivity contribution in [1.29, 1.82) is 0 Å². The van der Waals surface area contributed by atoms with Gasteiger partial charge in [0.2, 0.25) is 0 Å². The quantitative estimate of drug-likeness (QED) is 0.504. The van der Waals surface area contributed by atoms with Gasteiger partial charge < -0.3 is 0 Å². The van der Waals surface area contributed by atoms with Gasteiger partial charge in [-0.25, -0.2) is 4.98 Å². The number of hydrogen-bond acceptors (Lipinski definition) is 3. The molecule has 2 nitrogen and oxygen atoms in total. The molecule has 0 spiro atoms. The van der Waals surface area contributed by atoms with Gasteiger partial charge in [0.15, 0.2) is 0 Å². The molecular weight excluding hydrogens is 252 g/mol. The van der Waals surface area contributed by atoms with E-state index < -0.39 is 0 Å². The van der Waals surface area contributed by atoms with Gasteiger partial charge in [0.05, 0.1) is 15.9 Å². The lowest BCUT2D eigenvalue weighted by atomic mass is 10.1. The molecule has 2 heterocycles. The van der Waals surface area contributed by atoms with E-state index in [4.69, 9.17) is 4.98 Å². The van der Waals surface area contributed by atoms with E-state index in [0.717, 1.165) is 16.8 Å². The molecular formula is C16H10N2S. The largest absolute Gasteiger partial charge is 0.248 e. The zero-order valence-corrected chi connectivity index (χ0v) is 10.9. The second kappa shape index (κ2) is 4.14. The monoisotopic (exact) mass is 262 g/mol. The van der Waals surface area contributed by atoms with Crippen molar-refractivity contribution in [2.75, 3.05) is 0 Å². The summed E-state index contributed by atoms with van der Waals surface area (Å²) in [6.45, 7) is 0. The van der Waals surface area contributed by atoms with Crippen molar-refractivity contribution in [2.24, 2.45) is 0 Å². The van der Waals surface area contributed by atoms with E-state index >= 15 is 0 Å². The van der Waals surface area contributed by atoms with Crippen LogP contribution in [0.4, 0.5) is 0 Å². The number of para-hydroxylation sites is 1. The standard InChI is InChI=1S/C16H10N2S/c1-2-6-14-11(4-1)8-9-15(18-14)12-5-3-7-16-13(12)10-17-19-16/h1-10H. The highest BCUT2D eigenvalue weighted by molar-refractivity contribution is 7.13. The van der Waals surface area contributed by atoms with Gasteiger partial charge in [-0.1, -0.05) is 36.4 Å². The first kappa shape index (κ1) is 10.6. The number of hydrogen-bond donors (Lipinski definition) is 0. The van der Waals surface area contributed by atoms with Crippen LogP contribution >= 0.6 is 11.5 Å². The van der Waals surface area contributed by atoms with Crippen LogP contribution in [0.5, 0.6) is 0 Å². The van der Waals surface area contributed by atoms with Gasteiger partial charge in [0.1, 0.15) is 0 Å².